The number of hydrogen-bond donors (Lipinski definition) is 4. The molecule has 1 aromatic rings. The van der Waals surface area contributed by atoms with Crippen LogP contribution in [0.3, 0.4) is 0 Å². The van der Waals surface area contributed by atoms with Gasteiger partial charge in [0.1, 0.15) is 5.69 Å². The first-order valence-corrected chi connectivity index (χ1v) is 5.26. The molecule has 0 aliphatic carbocycles. The molecule has 4 N–H and O–H groups in total. The first-order chi connectivity index (χ1) is 7.41. The summed E-state index contributed by atoms with van der Waals surface area (Å²) in [7, 11) is 0. The number of halogens is 1. The molecule has 7 heteroatoms. The summed E-state index contributed by atoms with van der Waals surface area (Å²) in [6.45, 7) is 1.30. The number of carbonyl (C=O) groups is 2. The van der Waals surface area contributed by atoms with E-state index in [1.807, 2.05) is 0 Å². The van der Waals surface area contributed by atoms with Crippen LogP contribution in [0.2, 0.25) is 0 Å². The van der Waals surface area contributed by atoms with Crippen LogP contribution in [-0.2, 0) is 4.79 Å². The number of carboxylic acids is 1. The van der Waals surface area contributed by atoms with Crippen molar-refractivity contribution in [2.24, 2.45) is 0 Å². The predicted octanol–water partition coefficient (Wildman–Crippen LogP) is 0.341. The monoisotopic (exact) mass is 290 g/mol. The topological polar surface area (TPSA) is 102 Å². The first kappa shape index (κ1) is 12.7. The van der Waals surface area contributed by atoms with Gasteiger partial charge in [-0.2, -0.15) is 0 Å². The molecule has 88 valence electrons. The minimum atomic E-state index is -1.32. The van der Waals surface area contributed by atoms with Crippen LogP contribution in [0.15, 0.2) is 16.7 Å². The summed E-state index contributed by atoms with van der Waals surface area (Å²) in [6, 6.07) is 0.186. The molecule has 1 heterocycles. The Morgan fingerprint density at radius 2 is 2.19 bits per heavy atom. The lowest BCUT2D eigenvalue weighted by atomic mass is 10.2. The van der Waals surface area contributed by atoms with E-state index in [0.717, 1.165) is 0 Å². The minimum absolute atomic E-state index is 0.221. The third-order valence-electron chi connectivity index (χ3n) is 1.93. The van der Waals surface area contributed by atoms with Gasteiger partial charge in [0.15, 0.2) is 6.04 Å². The van der Waals surface area contributed by atoms with Crippen molar-refractivity contribution in [1.82, 2.24) is 10.3 Å². The van der Waals surface area contributed by atoms with Crippen LogP contribution in [0, 0.1) is 0 Å². The van der Waals surface area contributed by atoms with E-state index >= 15 is 0 Å². The highest BCUT2D eigenvalue weighted by Gasteiger charge is 2.25. The third kappa shape index (κ3) is 3.07. The summed E-state index contributed by atoms with van der Waals surface area (Å²) in [5, 5.41) is 20.1. The van der Waals surface area contributed by atoms with Gasteiger partial charge in [0.25, 0.3) is 5.91 Å². The summed E-state index contributed by atoms with van der Waals surface area (Å²) < 4.78 is 0.682. The van der Waals surface area contributed by atoms with Crippen molar-refractivity contribution in [3.8, 4) is 0 Å². The maximum absolute atomic E-state index is 11.5. The molecule has 0 unspecified atom stereocenters. The second kappa shape index (κ2) is 5.13. The normalized spacial score (nSPS) is 14.2. The lowest BCUT2D eigenvalue weighted by Crippen LogP contribution is -2.47. The molecule has 0 saturated carbocycles. The number of aliphatic hydroxyl groups excluding tert-OH is 1. The van der Waals surface area contributed by atoms with Crippen LogP contribution < -0.4 is 5.32 Å². The molecule has 0 radical (unpaired) electrons. The van der Waals surface area contributed by atoms with Crippen molar-refractivity contribution in [1.29, 1.82) is 0 Å². The Morgan fingerprint density at radius 3 is 2.56 bits per heavy atom. The number of aliphatic hydroxyl groups is 1. The number of aliphatic carboxylic acids is 1. The van der Waals surface area contributed by atoms with E-state index in [4.69, 9.17) is 10.2 Å². The first-order valence-electron chi connectivity index (χ1n) is 4.47. The summed E-state index contributed by atoms with van der Waals surface area (Å²) in [5.74, 6) is -1.87. The van der Waals surface area contributed by atoms with Crippen LogP contribution in [-0.4, -0.2) is 39.2 Å². The highest BCUT2D eigenvalue weighted by Crippen LogP contribution is 2.10. The summed E-state index contributed by atoms with van der Waals surface area (Å²) in [5.41, 5.74) is 0.221. The molecule has 6 nitrogen and oxygen atoms in total. The Morgan fingerprint density at radius 1 is 1.56 bits per heavy atom. The fraction of sp³-hybridized carbons (Fsp3) is 0.333. The van der Waals surface area contributed by atoms with Crippen molar-refractivity contribution in [3.05, 3.63) is 22.4 Å². The van der Waals surface area contributed by atoms with Crippen molar-refractivity contribution in [2.75, 3.05) is 0 Å². The van der Waals surface area contributed by atoms with E-state index in [9.17, 15) is 9.59 Å². The lowest BCUT2D eigenvalue weighted by molar-refractivity contribution is -0.141. The molecule has 0 aliphatic rings. The van der Waals surface area contributed by atoms with Crippen molar-refractivity contribution >= 4 is 27.8 Å². The standard InChI is InChI=1S/C9H11BrN2O4/c1-4(13)7(9(15)16)12-8(14)6-2-5(10)3-11-6/h2-4,7,11,13H,1H3,(H,12,14)(H,15,16)/t4-,7+/m1/s1. The number of aromatic nitrogens is 1. The van der Waals surface area contributed by atoms with E-state index in [-0.39, 0.29) is 5.69 Å². The van der Waals surface area contributed by atoms with E-state index < -0.39 is 24.0 Å². The Hall–Kier alpha value is -1.34. The van der Waals surface area contributed by atoms with Crippen LogP contribution in [0.4, 0.5) is 0 Å². The van der Waals surface area contributed by atoms with Gasteiger partial charge in [-0.15, -0.1) is 0 Å². The molecule has 0 aromatic carbocycles. The molecule has 0 saturated heterocycles. The molecule has 1 rings (SSSR count). The number of rotatable bonds is 4. The predicted molar refractivity (Wildman–Crippen MR) is 59.1 cm³/mol. The number of carboxylic acid groups (broad SMARTS) is 1. The second-order valence-electron chi connectivity index (χ2n) is 3.26. The Balaban J connectivity index is 2.73. The number of H-pyrrole nitrogens is 1. The fourth-order valence-electron chi connectivity index (χ4n) is 1.11. The van der Waals surface area contributed by atoms with E-state index in [2.05, 4.69) is 26.2 Å². The maximum atomic E-state index is 11.5. The molecule has 0 aliphatic heterocycles. The quantitative estimate of drug-likeness (QED) is 0.642. The molecule has 0 spiro atoms. The summed E-state index contributed by atoms with van der Waals surface area (Å²) in [4.78, 5) is 24.9. The Kier molecular flexibility index (Phi) is 4.08. The van der Waals surface area contributed by atoms with Gasteiger partial charge in [-0.25, -0.2) is 4.79 Å². The van der Waals surface area contributed by atoms with Gasteiger partial charge in [-0.3, -0.25) is 4.79 Å². The molecular weight excluding hydrogens is 280 g/mol. The zero-order valence-electron chi connectivity index (χ0n) is 8.40. The van der Waals surface area contributed by atoms with Crippen molar-refractivity contribution < 1.29 is 19.8 Å². The maximum Gasteiger partial charge on any atom is 0.328 e. The van der Waals surface area contributed by atoms with Crippen molar-refractivity contribution in [3.63, 3.8) is 0 Å². The summed E-state index contributed by atoms with van der Waals surface area (Å²) >= 11 is 3.15. The zero-order chi connectivity index (χ0) is 12.3. The lowest BCUT2D eigenvalue weighted by Gasteiger charge is -2.16. The second-order valence-corrected chi connectivity index (χ2v) is 4.18. The van der Waals surface area contributed by atoms with Crippen molar-refractivity contribution in [2.45, 2.75) is 19.1 Å². The highest BCUT2D eigenvalue weighted by molar-refractivity contribution is 9.10. The molecular formula is C9H11BrN2O4. The minimum Gasteiger partial charge on any atom is -0.480 e. The van der Waals surface area contributed by atoms with Gasteiger partial charge in [0.05, 0.1) is 6.10 Å². The molecule has 16 heavy (non-hydrogen) atoms. The molecule has 1 amide bonds. The number of amides is 1. The number of hydrogen-bond acceptors (Lipinski definition) is 3. The fourth-order valence-corrected chi connectivity index (χ4v) is 1.45. The summed E-state index contributed by atoms with van der Waals surface area (Å²) in [6.07, 6.45) is 0.382. The smallest absolute Gasteiger partial charge is 0.328 e. The van der Waals surface area contributed by atoms with Crippen LogP contribution >= 0.6 is 15.9 Å². The van der Waals surface area contributed by atoms with Gasteiger partial charge in [0, 0.05) is 10.7 Å². The van der Waals surface area contributed by atoms with E-state index in [1.165, 1.54) is 13.0 Å². The zero-order valence-corrected chi connectivity index (χ0v) is 9.98. The van der Waals surface area contributed by atoms with Gasteiger partial charge in [-0.05, 0) is 28.9 Å². The largest absolute Gasteiger partial charge is 0.480 e. The average Bonchev–Trinajstić information content (AvgIpc) is 2.59. The Labute approximate surface area is 99.8 Å². The Bertz CT molecular complexity index is 402. The molecule has 1 aromatic heterocycles. The van der Waals surface area contributed by atoms with E-state index in [1.54, 1.807) is 6.20 Å². The van der Waals surface area contributed by atoms with Gasteiger partial charge in [-0.1, -0.05) is 0 Å². The van der Waals surface area contributed by atoms with Gasteiger partial charge >= 0.3 is 5.97 Å². The van der Waals surface area contributed by atoms with Crippen LogP contribution in [0.25, 0.3) is 0 Å². The van der Waals surface area contributed by atoms with Crippen LogP contribution in [0.5, 0.6) is 0 Å². The molecule has 0 bridgehead atoms. The SMILES string of the molecule is C[C@@H](O)[C@H](NC(=O)c1cc(Br)c[nH]1)C(=O)O. The highest BCUT2D eigenvalue weighted by atomic mass is 79.9. The van der Waals surface area contributed by atoms with E-state index in [0.29, 0.717) is 4.47 Å². The van der Waals surface area contributed by atoms with Gasteiger partial charge in [0.2, 0.25) is 0 Å². The number of aromatic amines is 1. The molecule has 0 fully saturated rings. The number of carbonyl (C=O) groups excluding carboxylic acids is 1. The van der Waals surface area contributed by atoms with Crippen LogP contribution in [0.1, 0.15) is 17.4 Å². The number of nitrogens with one attached hydrogen (secondary N) is 2. The van der Waals surface area contributed by atoms with Gasteiger partial charge < -0.3 is 20.5 Å². The molecule has 2 atom stereocenters. The third-order valence-corrected chi connectivity index (χ3v) is 2.39. The average molecular weight is 291 g/mol.